The summed E-state index contributed by atoms with van der Waals surface area (Å²) in [6, 6.07) is 3.15. The molecule has 0 aliphatic rings. The summed E-state index contributed by atoms with van der Waals surface area (Å²) in [7, 11) is 1.54. The molecule has 0 atom stereocenters. The Morgan fingerprint density at radius 2 is 2.00 bits per heavy atom. The number of carbonyl (C=O) groups excluding carboxylic acids is 1. The Labute approximate surface area is 144 Å². The maximum atomic E-state index is 10.4. The molecule has 0 amide bonds. The summed E-state index contributed by atoms with van der Waals surface area (Å²) >= 11 is 17.4. The van der Waals surface area contributed by atoms with Crippen molar-refractivity contribution in [3.05, 3.63) is 29.8 Å². The zero-order valence-corrected chi connectivity index (χ0v) is 15.2. The minimum absolute atomic E-state index is 0.458. The van der Waals surface area contributed by atoms with Gasteiger partial charge in [-0.05, 0) is 42.7 Å². The van der Waals surface area contributed by atoms with Crippen molar-refractivity contribution in [3.63, 3.8) is 0 Å². The van der Waals surface area contributed by atoms with Crippen molar-refractivity contribution in [2.75, 3.05) is 13.7 Å². The number of carboxylic acid groups (broad SMARTS) is 1. The summed E-state index contributed by atoms with van der Waals surface area (Å²) in [5.41, 5.74) is 0.675. The molecule has 0 saturated heterocycles. The van der Waals surface area contributed by atoms with Crippen LogP contribution in [0.5, 0.6) is 11.5 Å². The van der Waals surface area contributed by atoms with Gasteiger partial charge in [0, 0.05) is 0 Å². The second-order valence-electron chi connectivity index (χ2n) is 4.48. The van der Waals surface area contributed by atoms with E-state index in [0.717, 1.165) is 18.9 Å². The standard InChI is InChI=1S/C14H17Cl3O4Si/c1-20-12-6-4-11(5-7-14(18)19)10-13(12)21-8-2-3-9-22(15,16)17/h4-7,10H,2-3,8-9H2,1H3,(H,18,19)/p-1/b7-5+. The molecular formula is C14H16Cl3O4Si-. The summed E-state index contributed by atoms with van der Waals surface area (Å²) in [4.78, 5) is 10.4. The van der Waals surface area contributed by atoms with E-state index in [2.05, 4.69) is 0 Å². The summed E-state index contributed by atoms with van der Waals surface area (Å²) in [6.07, 6.45) is 3.91. The molecule has 0 bridgehead atoms. The summed E-state index contributed by atoms with van der Waals surface area (Å²) < 4.78 is 10.9. The van der Waals surface area contributed by atoms with Crippen LogP contribution in [0.25, 0.3) is 6.08 Å². The quantitative estimate of drug-likeness (QED) is 0.285. The number of aliphatic carboxylic acids is 1. The Bertz CT molecular complexity index is 529. The number of halogens is 3. The van der Waals surface area contributed by atoms with Crippen LogP contribution in [0.4, 0.5) is 0 Å². The van der Waals surface area contributed by atoms with Crippen LogP contribution in [0.1, 0.15) is 18.4 Å². The first-order chi connectivity index (χ1) is 10.3. The first kappa shape index (κ1) is 19.2. The number of carboxylic acids is 1. The summed E-state index contributed by atoms with van der Waals surface area (Å²) in [5, 5.41) is 10.4. The molecule has 0 spiro atoms. The van der Waals surface area contributed by atoms with E-state index in [9.17, 15) is 9.90 Å². The van der Waals surface area contributed by atoms with Crippen molar-refractivity contribution in [2.24, 2.45) is 0 Å². The van der Waals surface area contributed by atoms with E-state index in [1.54, 1.807) is 18.2 Å². The number of ether oxygens (including phenoxy) is 2. The highest BCUT2D eigenvalue weighted by Gasteiger charge is 2.23. The lowest BCUT2D eigenvalue weighted by molar-refractivity contribution is -0.297. The van der Waals surface area contributed by atoms with Crippen LogP contribution in [-0.4, -0.2) is 25.7 Å². The average Bonchev–Trinajstić information content (AvgIpc) is 2.43. The predicted octanol–water partition coefficient (Wildman–Crippen LogP) is 3.27. The van der Waals surface area contributed by atoms with Crippen molar-refractivity contribution in [3.8, 4) is 11.5 Å². The van der Waals surface area contributed by atoms with Gasteiger partial charge >= 0.3 is 6.00 Å². The summed E-state index contributed by atoms with van der Waals surface area (Å²) in [6.45, 7) is 0.458. The van der Waals surface area contributed by atoms with E-state index >= 15 is 0 Å². The van der Waals surface area contributed by atoms with Gasteiger partial charge in [0.25, 0.3) is 0 Å². The van der Waals surface area contributed by atoms with Gasteiger partial charge < -0.3 is 19.4 Å². The zero-order valence-electron chi connectivity index (χ0n) is 12.0. The van der Waals surface area contributed by atoms with Gasteiger partial charge in [0.2, 0.25) is 0 Å². The molecule has 0 aliphatic heterocycles. The van der Waals surface area contributed by atoms with Crippen molar-refractivity contribution in [1.29, 1.82) is 0 Å². The largest absolute Gasteiger partial charge is 0.545 e. The number of rotatable bonds is 9. The first-order valence-corrected chi connectivity index (χ1v) is 11.8. The smallest absolute Gasteiger partial charge is 0.341 e. The lowest BCUT2D eigenvalue weighted by Gasteiger charge is -2.12. The first-order valence-electron chi connectivity index (χ1n) is 6.58. The number of hydrogen-bond donors (Lipinski definition) is 0. The topological polar surface area (TPSA) is 58.6 Å². The molecular weight excluding hydrogens is 367 g/mol. The SMILES string of the molecule is COc1ccc(/C=C/C(=O)[O-])cc1OCCCC[Si](Cl)(Cl)Cl. The van der Waals surface area contributed by atoms with Crippen molar-refractivity contribution in [1.82, 2.24) is 0 Å². The van der Waals surface area contributed by atoms with Crippen molar-refractivity contribution < 1.29 is 19.4 Å². The van der Waals surface area contributed by atoms with E-state index < -0.39 is 12.0 Å². The maximum absolute atomic E-state index is 10.4. The molecule has 4 nitrogen and oxygen atoms in total. The van der Waals surface area contributed by atoms with Gasteiger partial charge in [-0.15, -0.1) is 33.2 Å². The predicted molar refractivity (Wildman–Crippen MR) is 89.9 cm³/mol. The van der Waals surface area contributed by atoms with Crippen LogP contribution in [0.3, 0.4) is 0 Å². The molecule has 0 aromatic heterocycles. The van der Waals surface area contributed by atoms with E-state index in [1.807, 2.05) is 0 Å². The van der Waals surface area contributed by atoms with E-state index in [4.69, 9.17) is 42.7 Å². The highest BCUT2D eigenvalue weighted by atomic mass is 35.8. The minimum Gasteiger partial charge on any atom is -0.545 e. The Morgan fingerprint density at radius 1 is 1.27 bits per heavy atom. The van der Waals surface area contributed by atoms with E-state index in [1.165, 1.54) is 13.2 Å². The molecule has 122 valence electrons. The lowest BCUT2D eigenvalue weighted by atomic mass is 10.2. The molecule has 0 N–H and O–H groups in total. The van der Waals surface area contributed by atoms with Crippen molar-refractivity contribution >= 4 is 51.3 Å². The molecule has 1 aromatic carbocycles. The second kappa shape index (κ2) is 9.30. The van der Waals surface area contributed by atoms with Crippen LogP contribution in [0.2, 0.25) is 6.04 Å². The van der Waals surface area contributed by atoms with E-state index in [-0.39, 0.29) is 0 Å². The zero-order chi connectivity index (χ0) is 16.6. The number of hydrogen-bond acceptors (Lipinski definition) is 4. The second-order valence-corrected chi connectivity index (χ2v) is 13.8. The van der Waals surface area contributed by atoms with Crippen LogP contribution in [0, 0.1) is 0 Å². The van der Waals surface area contributed by atoms with Crippen LogP contribution < -0.4 is 14.6 Å². The third kappa shape index (κ3) is 7.94. The van der Waals surface area contributed by atoms with Gasteiger partial charge in [0.1, 0.15) is 0 Å². The van der Waals surface area contributed by atoms with Gasteiger partial charge in [-0.1, -0.05) is 12.1 Å². The van der Waals surface area contributed by atoms with Crippen LogP contribution >= 0.6 is 33.2 Å². The molecule has 8 heteroatoms. The average molecular weight is 383 g/mol. The fourth-order valence-corrected chi connectivity index (χ4v) is 3.54. The third-order valence-electron chi connectivity index (χ3n) is 2.71. The molecule has 0 unspecified atom stereocenters. The Hall–Kier alpha value is -0.883. The van der Waals surface area contributed by atoms with Crippen LogP contribution in [-0.2, 0) is 4.79 Å². The molecule has 0 fully saturated rings. The molecule has 0 heterocycles. The monoisotopic (exact) mass is 381 g/mol. The fraction of sp³-hybridized carbons (Fsp3) is 0.357. The summed E-state index contributed by atoms with van der Waals surface area (Å²) in [5.74, 6) is -0.148. The van der Waals surface area contributed by atoms with E-state index in [0.29, 0.717) is 29.7 Å². The fourth-order valence-electron chi connectivity index (χ4n) is 1.68. The van der Waals surface area contributed by atoms with Gasteiger partial charge in [-0.3, -0.25) is 0 Å². The van der Waals surface area contributed by atoms with Gasteiger partial charge in [0.15, 0.2) is 11.5 Å². The molecule has 1 aromatic rings. The highest BCUT2D eigenvalue weighted by Crippen LogP contribution is 2.30. The normalized spacial score (nSPS) is 11.6. The van der Waals surface area contributed by atoms with Crippen LogP contribution in [0.15, 0.2) is 24.3 Å². The minimum atomic E-state index is -2.57. The van der Waals surface area contributed by atoms with Gasteiger partial charge in [0.05, 0.1) is 19.7 Å². The number of benzene rings is 1. The Kier molecular flexibility index (Phi) is 8.10. The third-order valence-corrected chi connectivity index (χ3v) is 5.33. The number of methoxy groups -OCH3 is 1. The lowest BCUT2D eigenvalue weighted by Crippen LogP contribution is -2.18. The number of unbranched alkanes of at least 4 members (excludes halogenated alkanes) is 1. The highest BCUT2D eigenvalue weighted by molar-refractivity contribution is 7.64. The van der Waals surface area contributed by atoms with Crippen molar-refractivity contribution in [2.45, 2.75) is 18.9 Å². The van der Waals surface area contributed by atoms with Gasteiger partial charge in [-0.25, -0.2) is 0 Å². The molecule has 22 heavy (non-hydrogen) atoms. The molecule has 0 radical (unpaired) electrons. The molecule has 0 aliphatic carbocycles. The Balaban J connectivity index is 2.60. The Morgan fingerprint density at radius 3 is 2.59 bits per heavy atom. The number of carbonyl (C=O) groups is 1. The molecule has 0 saturated carbocycles. The maximum Gasteiger partial charge on any atom is 0.341 e. The molecule has 1 rings (SSSR count). The van der Waals surface area contributed by atoms with Gasteiger partial charge in [-0.2, -0.15) is 0 Å².